The second-order valence-electron chi connectivity index (χ2n) is 5.94. The molecule has 130 valence electrons. The normalized spacial score (nSPS) is 11.0. The number of hydrogen-bond acceptors (Lipinski definition) is 6. The molecule has 0 radical (unpaired) electrons. The van der Waals surface area contributed by atoms with E-state index in [1.807, 2.05) is 25.1 Å². The van der Waals surface area contributed by atoms with Crippen molar-refractivity contribution in [2.75, 3.05) is 0 Å². The van der Waals surface area contributed by atoms with Crippen molar-refractivity contribution in [1.82, 2.24) is 24.4 Å². The largest absolute Gasteiger partial charge is 0.269 e. The van der Waals surface area contributed by atoms with Crippen molar-refractivity contribution in [2.45, 2.75) is 24.8 Å². The molecule has 5 nitrogen and oxygen atoms in total. The second kappa shape index (κ2) is 7.39. The molecule has 7 heteroatoms. The van der Waals surface area contributed by atoms with Gasteiger partial charge in [-0.05, 0) is 43.1 Å². The van der Waals surface area contributed by atoms with E-state index in [0.717, 1.165) is 33.0 Å². The van der Waals surface area contributed by atoms with Gasteiger partial charge in [0.15, 0.2) is 11.0 Å². The van der Waals surface area contributed by atoms with Crippen LogP contribution >= 0.6 is 23.3 Å². The third-order valence-corrected chi connectivity index (χ3v) is 5.81. The zero-order valence-corrected chi connectivity index (χ0v) is 16.1. The highest BCUT2D eigenvalue weighted by molar-refractivity contribution is 7.98. The van der Waals surface area contributed by atoms with E-state index < -0.39 is 0 Å². The van der Waals surface area contributed by atoms with Gasteiger partial charge in [-0.1, -0.05) is 64.3 Å². The summed E-state index contributed by atoms with van der Waals surface area (Å²) in [4.78, 5) is 0.948. The number of para-hydroxylation sites is 1. The summed E-state index contributed by atoms with van der Waals surface area (Å²) in [6, 6.07) is 18.8. The van der Waals surface area contributed by atoms with E-state index in [-0.39, 0.29) is 0 Å². The van der Waals surface area contributed by atoms with Crippen LogP contribution in [-0.2, 0) is 5.75 Å². The minimum atomic E-state index is 0.787. The topological polar surface area (TPSA) is 56.5 Å². The molecule has 2 heterocycles. The average molecular weight is 380 g/mol. The fourth-order valence-electron chi connectivity index (χ4n) is 2.59. The molecule has 4 aromatic rings. The number of hydrogen-bond donors (Lipinski definition) is 0. The van der Waals surface area contributed by atoms with Crippen LogP contribution in [0.5, 0.6) is 0 Å². The smallest absolute Gasteiger partial charge is 0.196 e. The van der Waals surface area contributed by atoms with E-state index in [0.29, 0.717) is 0 Å². The lowest BCUT2D eigenvalue weighted by Gasteiger charge is -2.09. The van der Waals surface area contributed by atoms with Crippen LogP contribution in [0.3, 0.4) is 0 Å². The molecule has 4 rings (SSSR count). The van der Waals surface area contributed by atoms with Gasteiger partial charge in [0.1, 0.15) is 4.88 Å². The fourth-order valence-corrected chi connectivity index (χ4v) is 4.13. The SMILES string of the molecule is Cc1ccc(CSc2nnc(-c3snnc3C)n2-c2ccccc2)cc1. The van der Waals surface area contributed by atoms with Crippen LogP contribution in [0.1, 0.15) is 16.8 Å². The zero-order valence-electron chi connectivity index (χ0n) is 14.5. The molecule has 2 aromatic heterocycles. The molecule has 0 atom stereocenters. The van der Waals surface area contributed by atoms with Crippen LogP contribution < -0.4 is 0 Å². The Labute approximate surface area is 160 Å². The predicted octanol–water partition coefficient (Wildman–Crippen LogP) is 4.69. The first kappa shape index (κ1) is 16.9. The lowest BCUT2D eigenvalue weighted by Crippen LogP contribution is -1.99. The molecular formula is C19H17N5S2. The minimum Gasteiger partial charge on any atom is -0.269 e. The Bertz CT molecular complexity index is 1010. The Balaban J connectivity index is 1.71. The Morgan fingerprint density at radius 1 is 0.923 bits per heavy atom. The summed E-state index contributed by atoms with van der Waals surface area (Å²) in [5, 5.41) is 13.9. The predicted molar refractivity (Wildman–Crippen MR) is 106 cm³/mol. The quantitative estimate of drug-likeness (QED) is 0.471. The summed E-state index contributed by atoms with van der Waals surface area (Å²) in [6.45, 7) is 4.04. The van der Waals surface area contributed by atoms with Crippen molar-refractivity contribution in [2.24, 2.45) is 0 Å². The van der Waals surface area contributed by atoms with E-state index in [1.54, 1.807) is 11.8 Å². The Kier molecular flexibility index (Phi) is 4.81. The van der Waals surface area contributed by atoms with Gasteiger partial charge in [0.2, 0.25) is 0 Å². The van der Waals surface area contributed by atoms with Crippen LogP contribution in [0.2, 0.25) is 0 Å². The summed E-state index contributed by atoms with van der Waals surface area (Å²) < 4.78 is 6.13. The van der Waals surface area contributed by atoms with E-state index >= 15 is 0 Å². The van der Waals surface area contributed by atoms with Crippen molar-refractivity contribution < 1.29 is 0 Å². The first-order valence-corrected chi connectivity index (χ1v) is 9.97. The van der Waals surface area contributed by atoms with Gasteiger partial charge in [0, 0.05) is 11.4 Å². The maximum absolute atomic E-state index is 4.45. The van der Waals surface area contributed by atoms with E-state index in [4.69, 9.17) is 0 Å². The van der Waals surface area contributed by atoms with Crippen molar-refractivity contribution in [1.29, 1.82) is 0 Å². The third-order valence-electron chi connectivity index (χ3n) is 3.99. The molecule has 0 saturated heterocycles. The highest BCUT2D eigenvalue weighted by Gasteiger charge is 2.19. The molecule has 0 aliphatic carbocycles. The van der Waals surface area contributed by atoms with E-state index in [9.17, 15) is 0 Å². The third kappa shape index (κ3) is 3.40. The summed E-state index contributed by atoms with van der Waals surface area (Å²) in [6.07, 6.45) is 0. The molecular weight excluding hydrogens is 362 g/mol. The van der Waals surface area contributed by atoms with E-state index in [1.165, 1.54) is 22.7 Å². The van der Waals surface area contributed by atoms with Gasteiger partial charge in [-0.15, -0.1) is 15.3 Å². The minimum absolute atomic E-state index is 0.787. The van der Waals surface area contributed by atoms with Gasteiger partial charge in [-0.25, -0.2) is 0 Å². The van der Waals surface area contributed by atoms with Gasteiger partial charge in [-0.2, -0.15) is 0 Å². The maximum Gasteiger partial charge on any atom is 0.196 e. The van der Waals surface area contributed by atoms with Crippen molar-refractivity contribution in [3.05, 3.63) is 71.4 Å². The lowest BCUT2D eigenvalue weighted by atomic mass is 10.2. The summed E-state index contributed by atoms with van der Waals surface area (Å²) >= 11 is 3.03. The van der Waals surface area contributed by atoms with Crippen LogP contribution in [0.4, 0.5) is 0 Å². The highest BCUT2D eigenvalue weighted by Crippen LogP contribution is 2.32. The average Bonchev–Trinajstić information content (AvgIpc) is 3.27. The first-order chi connectivity index (χ1) is 12.7. The Morgan fingerprint density at radius 2 is 1.69 bits per heavy atom. The number of nitrogens with zero attached hydrogens (tertiary/aromatic N) is 5. The van der Waals surface area contributed by atoms with Crippen LogP contribution in [0.25, 0.3) is 16.4 Å². The van der Waals surface area contributed by atoms with Gasteiger partial charge in [0.05, 0.1) is 5.69 Å². The van der Waals surface area contributed by atoms with Crippen LogP contribution in [0, 0.1) is 13.8 Å². The number of aryl methyl sites for hydroxylation is 2. The summed E-state index contributed by atoms with van der Waals surface area (Å²) in [5.41, 5.74) is 4.43. The fraction of sp³-hybridized carbons (Fsp3) is 0.158. The van der Waals surface area contributed by atoms with Gasteiger partial charge in [-0.3, -0.25) is 4.57 Å². The number of rotatable bonds is 5. The van der Waals surface area contributed by atoms with Gasteiger partial charge < -0.3 is 0 Å². The van der Waals surface area contributed by atoms with Crippen LogP contribution in [0.15, 0.2) is 59.8 Å². The second-order valence-corrected chi connectivity index (χ2v) is 7.64. The summed E-state index contributed by atoms with van der Waals surface area (Å²) in [7, 11) is 0. The lowest BCUT2D eigenvalue weighted by molar-refractivity contribution is 0.886. The number of benzene rings is 2. The molecule has 0 fully saturated rings. The number of aromatic nitrogens is 5. The maximum atomic E-state index is 4.45. The van der Waals surface area contributed by atoms with E-state index in [2.05, 4.69) is 67.7 Å². The molecule has 0 aliphatic rings. The number of thioether (sulfide) groups is 1. The molecule has 0 amide bonds. The molecule has 26 heavy (non-hydrogen) atoms. The molecule has 0 saturated carbocycles. The zero-order chi connectivity index (χ0) is 17.9. The molecule has 0 spiro atoms. The van der Waals surface area contributed by atoms with Crippen molar-refractivity contribution >= 4 is 23.3 Å². The molecule has 0 bridgehead atoms. The standard InChI is InChI=1S/C19H17N5S2/c1-13-8-10-15(11-9-13)12-25-19-22-21-18(17-14(2)20-23-26-17)24(19)16-6-4-3-5-7-16/h3-11H,12H2,1-2H3. The highest BCUT2D eigenvalue weighted by atomic mass is 32.2. The first-order valence-electron chi connectivity index (χ1n) is 8.21. The monoisotopic (exact) mass is 379 g/mol. The van der Waals surface area contributed by atoms with Crippen LogP contribution in [-0.4, -0.2) is 24.4 Å². The molecule has 0 unspecified atom stereocenters. The van der Waals surface area contributed by atoms with Crippen molar-refractivity contribution in [3.8, 4) is 16.4 Å². The Morgan fingerprint density at radius 3 is 2.38 bits per heavy atom. The van der Waals surface area contributed by atoms with Gasteiger partial charge >= 0.3 is 0 Å². The summed E-state index contributed by atoms with van der Waals surface area (Å²) in [5.74, 6) is 1.63. The van der Waals surface area contributed by atoms with Crippen molar-refractivity contribution in [3.63, 3.8) is 0 Å². The molecule has 2 aromatic carbocycles. The molecule has 0 aliphatic heterocycles. The molecule has 0 N–H and O–H groups in total. The van der Waals surface area contributed by atoms with Gasteiger partial charge in [0.25, 0.3) is 0 Å². The Hall–Kier alpha value is -2.51.